The fraction of sp³-hybridized carbons (Fsp3) is 0.571. The van der Waals surface area contributed by atoms with Gasteiger partial charge in [0, 0.05) is 12.4 Å². The molecule has 0 amide bonds. The highest BCUT2D eigenvalue weighted by Crippen LogP contribution is 2.34. The van der Waals surface area contributed by atoms with Gasteiger partial charge in [0.2, 0.25) is 0 Å². The Morgan fingerprint density at radius 3 is 2.40 bits per heavy atom. The Kier molecular flexibility index (Phi) is 3.86. The van der Waals surface area contributed by atoms with Crippen LogP contribution in [0.5, 0.6) is 0 Å². The van der Waals surface area contributed by atoms with Gasteiger partial charge in [-0.3, -0.25) is 14.7 Å². The lowest BCUT2D eigenvalue weighted by molar-refractivity contribution is -0.138. The second kappa shape index (κ2) is 5.16. The minimum Gasteiger partial charge on any atom is -0.292 e. The summed E-state index contributed by atoms with van der Waals surface area (Å²) in [6.45, 7) is 4.82. The number of rotatable bonds is 3. The average Bonchev–Trinajstić information content (AvgIpc) is 2.91. The van der Waals surface area contributed by atoms with E-state index in [1.54, 1.807) is 13.8 Å². The molecule has 0 aromatic carbocycles. The number of aromatic nitrogens is 1. The molecule has 1 aliphatic rings. The molecule has 20 heavy (non-hydrogen) atoms. The molecule has 0 spiro atoms. The fourth-order valence-corrected chi connectivity index (χ4v) is 2.57. The number of carbonyl (C=O) groups is 1. The lowest BCUT2D eigenvalue weighted by Gasteiger charge is -2.34. The van der Waals surface area contributed by atoms with Gasteiger partial charge in [0.05, 0.1) is 16.7 Å². The second-order valence-corrected chi connectivity index (χ2v) is 5.50. The van der Waals surface area contributed by atoms with Crippen LogP contribution >= 0.6 is 0 Å². The van der Waals surface area contributed by atoms with Crippen LogP contribution in [0.15, 0.2) is 18.5 Å². The number of ketones is 1. The molecule has 0 radical (unpaired) electrons. The molecule has 6 heteroatoms. The summed E-state index contributed by atoms with van der Waals surface area (Å²) in [6, 6.07) is 0.854. The van der Waals surface area contributed by atoms with Gasteiger partial charge in [-0.1, -0.05) is 0 Å². The summed E-state index contributed by atoms with van der Waals surface area (Å²) >= 11 is 0. The molecule has 1 aromatic heterocycles. The first-order valence-electron chi connectivity index (χ1n) is 6.55. The van der Waals surface area contributed by atoms with Crippen molar-refractivity contribution in [2.75, 3.05) is 13.1 Å². The molecule has 3 nitrogen and oxygen atoms in total. The maximum atomic E-state index is 13.0. The first-order valence-corrected chi connectivity index (χ1v) is 6.55. The van der Waals surface area contributed by atoms with Gasteiger partial charge in [-0.15, -0.1) is 0 Å². The molecule has 2 heterocycles. The summed E-state index contributed by atoms with van der Waals surface area (Å²) < 4.78 is 38.9. The van der Waals surface area contributed by atoms with Crippen LogP contribution in [0.3, 0.4) is 0 Å². The van der Waals surface area contributed by atoms with Crippen LogP contribution in [0, 0.1) is 0 Å². The Balaban J connectivity index is 2.38. The molecular formula is C14H17F3N2O. The van der Waals surface area contributed by atoms with Gasteiger partial charge < -0.3 is 0 Å². The van der Waals surface area contributed by atoms with E-state index in [-0.39, 0.29) is 5.56 Å². The lowest BCUT2D eigenvalue weighted by atomic mass is 9.90. The molecule has 0 unspecified atom stereocenters. The van der Waals surface area contributed by atoms with Crippen molar-refractivity contribution in [3.8, 4) is 0 Å². The van der Waals surface area contributed by atoms with Crippen LogP contribution in [0.4, 0.5) is 13.2 Å². The summed E-state index contributed by atoms with van der Waals surface area (Å²) in [5.41, 5.74) is -2.21. The van der Waals surface area contributed by atoms with Crippen molar-refractivity contribution in [2.24, 2.45) is 0 Å². The summed E-state index contributed by atoms with van der Waals surface area (Å²) in [5, 5.41) is 0. The van der Waals surface area contributed by atoms with Gasteiger partial charge in [-0.2, -0.15) is 13.2 Å². The van der Waals surface area contributed by atoms with Crippen molar-refractivity contribution in [3.63, 3.8) is 0 Å². The standard InChI is InChI=1S/C14H17F3N2O/c1-13(2,19-7-3-4-8-19)12(20)10-9-18-6-5-11(10)14(15,16)17/h5-6,9H,3-4,7-8H2,1-2H3. The number of hydrogen-bond acceptors (Lipinski definition) is 3. The highest BCUT2D eigenvalue weighted by molar-refractivity contribution is 6.03. The van der Waals surface area contributed by atoms with Crippen molar-refractivity contribution in [2.45, 2.75) is 38.4 Å². The third-order valence-corrected chi connectivity index (χ3v) is 3.82. The van der Waals surface area contributed by atoms with Gasteiger partial charge >= 0.3 is 6.18 Å². The molecule has 2 rings (SSSR count). The minimum absolute atomic E-state index is 0.350. The smallest absolute Gasteiger partial charge is 0.292 e. The van der Waals surface area contributed by atoms with E-state index in [1.165, 1.54) is 0 Å². The highest BCUT2D eigenvalue weighted by atomic mass is 19.4. The predicted octanol–water partition coefficient (Wildman–Crippen LogP) is 3.16. The molecule has 1 aromatic rings. The zero-order chi connectivity index (χ0) is 15.0. The molecule has 0 saturated carbocycles. The van der Waals surface area contributed by atoms with E-state index in [9.17, 15) is 18.0 Å². The van der Waals surface area contributed by atoms with Crippen molar-refractivity contribution < 1.29 is 18.0 Å². The molecule has 1 fully saturated rings. The predicted molar refractivity (Wildman–Crippen MR) is 68.5 cm³/mol. The molecular weight excluding hydrogens is 269 g/mol. The lowest BCUT2D eigenvalue weighted by Crippen LogP contribution is -2.49. The topological polar surface area (TPSA) is 33.2 Å². The zero-order valence-electron chi connectivity index (χ0n) is 11.5. The Bertz CT molecular complexity index is 505. The third kappa shape index (κ3) is 2.70. The molecule has 0 N–H and O–H groups in total. The minimum atomic E-state index is -4.55. The number of nitrogens with zero attached hydrogens (tertiary/aromatic N) is 2. The van der Waals surface area contributed by atoms with Gasteiger partial charge in [0.1, 0.15) is 0 Å². The van der Waals surface area contributed by atoms with Crippen LogP contribution in [0.25, 0.3) is 0 Å². The van der Waals surface area contributed by atoms with Crippen molar-refractivity contribution in [3.05, 3.63) is 29.6 Å². The largest absolute Gasteiger partial charge is 0.417 e. The fourth-order valence-electron chi connectivity index (χ4n) is 2.57. The SMILES string of the molecule is CC(C)(C(=O)c1cnccc1C(F)(F)F)N1CCCC1. The van der Waals surface area contributed by atoms with Gasteiger partial charge in [-0.25, -0.2) is 0 Å². The van der Waals surface area contributed by atoms with Crippen molar-refractivity contribution in [1.82, 2.24) is 9.88 Å². The molecule has 0 aliphatic carbocycles. The number of pyridine rings is 1. The van der Waals surface area contributed by atoms with Gasteiger partial charge in [0.15, 0.2) is 5.78 Å². The Labute approximate surface area is 115 Å². The normalized spacial score (nSPS) is 17.4. The Hall–Kier alpha value is -1.43. The van der Waals surface area contributed by atoms with E-state index >= 15 is 0 Å². The van der Waals surface area contributed by atoms with E-state index in [4.69, 9.17) is 0 Å². The number of halogens is 3. The first-order chi connectivity index (χ1) is 9.24. The number of likely N-dealkylation sites (tertiary alicyclic amines) is 1. The number of carbonyl (C=O) groups excluding carboxylic acids is 1. The third-order valence-electron chi connectivity index (χ3n) is 3.82. The van der Waals surface area contributed by atoms with Gasteiger partial charge in [0.25, 0.3) is 0 Å². The Morgan fingerprint density at radius 2 is 1.85 bits per heavy atom. The average molecular weight is 286 g/mol. The van der Waals surface area contributed by atoms with E-state index in [0.717, 1.165) is 44.4 Å². The summed E-state index contributed by atoms with van der Waals surface area (Å²) in [6.07, 6.45) is -0.536. The van der Waals surface area contributed by atoms with Crippen molar-refractivity contribution >= 4 is 5.78 Å². The molecule has 1 aliphatic heterocycles. The van der Waals surface area contributed by atoms with Crippen LogP contribution < -0.4 is 0 Å². The maximum absolute atomic E-state index is 13.0. The first kappa shape index (κ1) is 15.0. The van der Waals surface area contributed by atoms with Crippen LogP contribution in [-0.2, 0) is 6.18 Å². The summed E-state index contributed by atoms with van der Waals surface area (Å²) in [4.78, 5) is 18.2. The molecule has 1 saturated heterocycles. The van der Waals surface area contributed by atoms with Crippen LogP contribution in [0.2, 0.25) is 0 Å². The maximum Gasteiger partial charge on any atom is 0.417 e. The van der Waals surface area contributed by atoms with E-state index < -0.39 is 23.1 Å². The van der Waals surface area contributed by atoms with Crippen LogP contribution in [-0.4, -0.2) is 34.3 Å². The zero-order valence-corrected chi connectivity index (χ0v) is 11.5. The monoisotopic (exact) mass is 286 g/mol. The van der Waals surface area contributed by atoms with E-state index in [2.05, 4.69) is 4.98 Å². The van der Waals surface area contributed by atoms with E-state index in [0.29, 0.717) is 0 Å². The quantitative estimate of drug-likeness (QED) is 0.800. The van der Waals surface area contributed by atoms with Crippen LogP contribution in [0.1, 0.15) is 42.6 Å². The van der Waals surface area contributed by atoms with E-state index in [1.807, 2.05) is 4.90 Å². The second-order valence-electron chi connectivity index (χ2n) is 5.50. The highest BCUT2D eigenvalue weighted by Gasteiger charge is 2.42. The summed E-state index contributed by atoms with van der Waals surface area (Å²) in [5.74, 6) is -0.528. The number of alkyl halides is 3. The van der Waals surface area contributed by atoms with Gasteiger partial charge in [-0.05, 0) is 45.8 Å². The molecule has 110 valence electrons. The molecule has 0 atom stereocenters. The Morgan fingerprint density at radius 1 is 1.25 bits per heavy atom. The molecule has 0 bridgehead atoms. The number of hydrogen-bond donors (Lipinski definition) is 0. The number of Topliss-reactive ketones (excluding diaryl/α,β-unsaturated/α-hetero) is 1. The van der Waals surface area contributed by atoms with Crippen molar-refractivity contribution in [1.29, 1.82) is 0 Å². The summed E-state index contributed by atoms with van der Waals surface area (Å²) in [7, 11) is 0.